The Morgan fingerprint density at radius 1 is 0.879 bits per heavy atom. The third-order valence-corrected chi connectivity index (χ3v) is 5.57. The highest BCUT2D eigenvalue weighted by Gasteiger charge is 2.08. The minimum atomic E-state index is 0.666. The number of anilines is 1. The number of hydrogen-bond donors (Lipinski definition) is 1. The molecule has 0 radical (unpaired) electrons. The lowest BCUT2D eigenvalue weighted by Gasteiger charge is -2.10. The number of hydrogen-bond acceptors (Lipinski definition) is 6. The Morgan fingerprint density at radius 2 is 1.61 bits per heavy atom. The van der Waals surface area contributed by atoms with Crippen molar-refractivity contribution in [1.29, 1.82) is 0 Å². The van der Waals surface area contributed by atoms with Crippen molar-refractivity contribution in [2.45, 2.75) is 34.6 Å². The van der Waals surface area contributed by atoms with Crippen LogP contribution in [0.4, 0.5) is 5.82 Å². The summed E-state index contributed by atoms with van der Waals surface area (Å²) in [5.74, 6) is 0.730. The first-order valence-corrected chi connectivity index (χ1v) is 11.0. The zero-order valence-electron chi connectivity index (χ0n) is 19.7. The molecule has 4 aromatic heterocycles. The number of aryl methyl sites for hydroxylation is 2. The maximum atomic E-state index is 4.79. The highest BCUT2D eigenvalue weighted by atomic mass is 15.0. The number of allylic oxidation sites excluding steroid dienone is 3. The Kier molecular flexibility index (Phi) is 6.54. The van der Waals surface area contributed by atoms with Crippen LogP contribution in [0, 0.1) is 13.8 Å². The first kappa shape index (κ1) is 22.3. The Bertz CT molecular complexity index is 1370. The van der Waals surface area contributed by atoms with Crippen LogP contribution in [0.15, 0.2) is 72.3 Å². The lowest BCUT2D eigenvalue weighted by atomic mass is 10.0. The number of nitrogens with one attached hydrogen (secondary N) is 1. The van der Waals surface area contributed by atoms with Gasteiger partial charge in [0, 0.05) is 42.1 Å². The smallest absolute Gasteiger partial charge is 0.154 e. The molecule has 0 saturated heterocycles. The lowest BCUT2D eigenvalue weighted by Crippen LogP contribution is -2.06. The summed E-state index contributed by atoms with van der Waals surface area (Å²) < 4.78 is 0. The van der Waals surface area contributed by atoms with Gasteiger partial charge in [0.2, 0.25) is 0 Å². The fraction of sp³-hybridized carbons (Fsp3) is 0.222. The van der Waals surface area contributed by atoms with Crippen LogP contribution in [-0.4, -0.2) is 31.5 Å². The molecule has 0 spiro atoms. The average molecular weight is 437 g/mol. The second-order valence-electron chi connectivity index (χ2n) is 8.31. The largest absolute Gasteiger partial charge is 0.364 e. The molecule has 33 heavy (non-hydrogen) atoms. The van der Waals surface area contributed by atoms with Gasteiger partial charge in [-0.05, 0) is 81.7 Å². The van der Waals surface area contributed by atoms with Crippen LogP contribution < -0.4 is 5.32 Å². The maximum absolute atomic E-state index is 4.79. The predicted molar refractivity (Wildman–Crippen MR) is 135 cm³/mol. The van der Waals surface area contributed by atoms with Crippen LogP contribution in [0.25, 0.3) is 27.9 Å². The summed E-state index contributed by atoms with van der Waals surface area (Å²) in [6.45, 7) is 11.0. The summed E-state index contributed by atoms with van der Waals surface area (Å²) in [6.07, 6.45) is 9.41. The van der Waals surface area contributed by atoms with Crippen LogP contribution >= 0.6 is 0 Å². The van der Waals surface area contributed by atoms with Crippen molar-refractivity contribution in [3.8, 4) is 11.3 Å². The molecule has 0 saturated carbocycles. The zero-order chi connectivity index (χ0) is 23.4. The van der Waals surface area contributed by atoms with Crippen molar-refractivity contribution in [1.82, 2.24) is 24.9 Å². The van der Waals surface area contributed by atoms with Gasteiger partial charge in [-0.1, -0.05) is 11.6 Å². The normalized spacial score (nSPS) is 12.6. The van der Waals surface area contributed by atoms with E-state index in [0.29, 0.717) is 6.54 Å². The van der Waals surface area contributed by atoms with Crippen molar-refractivity contribution in [2.24, 2.45) is 0 Å². The molecular weight excluding hydrogens is 408 g/mol. The molecule has 4 aromatic rings. The number of fused-ring (bicyclic) bond motifs is 1. The quantitative estimate of drug-likeness (QED) is 0.376. The van der Waals surface area contributed by atoms with Crippen LogP contribution in [0.3, 0.4) is 0 Å². The van der Waals surface area contributed by atoms with Gasteiger partial charge in [0.25, 0.3) is 0 Å². The molecule has 4 heterocycles. The summed E-state index contributed by atoms with van der Waals surface area (Å²) in [5.41, 5.74) is 10.2. The van der Waals surface area contributed by atoms with Crippen LogP contribution in [0.2, 0.25) is 0 Å². The third-order valence-electron chi connectivity index (χ3n) is 5.57. The van der Waals surface area contributed by atoms with Crippen LogP contribution in [0.1, 0.15) is 37.7 Å². The second kappa shape index (κ2) is 9.69. The molecule has 0 aliphatic carbocycles. The predicted octanol–water partition coefficient (Wildman–Crippen LogP) is 5.95. The summed E-state index contributed by atoms with van der Waals surface area (Å²) in [6, 6.07) is 10.0. The molecule has 4 rings (SSSR count). The van der Waals surface area contributed by atoms with Crippen molar-refractivity contribution in [3.63, 3.8) is 0 Å². The van der Waals surface area contributed by atoms with E-state index in [-0.39, 0.29) is 0 Å². The SMILES string of the molecule is C/C(=C\C(C)=C(/C)c1ccnc(C)c1)CNc1nccc2nc(-c3ccnc(C)c3)cnc12. The van der Waals surface area contributed by atoms with Gasteiger partial charge in [0.1, 0.15) is 5.52 Å². The Hall–Kier alpha value is -3.93. The highest BCUT2D eigenvalue weighted by Crippen LogP contribution is 2.23. The lowest BCUT2D eigenvalue weighted by molar-refractivity contribution is 1.15. The van der Waals surface area contributed by atoms with Crippen molar-refractivity contribution in [3.05, 3.63) is 89.3 Å². The summed E-state index contributed by atoms with van der Waals surface area (Å²) in [7, 11) is 0. The summed E-state index contributed by atoms with van der Waals surface area (Å²) in [4.78, 5) is 22.5. The van der Waals surface area contributed by atoms with E-state index in [0.717, 1.165) is 39.5 Å². The van der Waals surface area contributed by atoms with E-state index in [2.05, 4.69) is 58.2 Å². The molecule has 6 nitrogen and oxygen atoms in total. The fourth-order valence-corrected chi connectivity index (χ4v) is 3.68. The van der Waals surface area contributed by atoms with E-state index in [1.807, 2.05) is 44.3 Å². The maximum Gasteiger partial charge on any atom is 0.154 e. The standard InChI is InChI=1S/C27H28N6/c1-17(12-18(2)21(5)22-6-9-28-19(3)13-22)15-32-27-26-24(8-11-30-27)33-25(16-31-26)23-7-10-29-20(4)14-23/h6-14,16H,15H2,1-5H3,(H,30,32)/b17-12+,21-18+. The van der Waals surface area contributed by atoms with Gasteiger partial charge < -0.3 is 5.32 Å². The molecule has 0 aromatic carbocycles. The van der Waals surface area contributed by atoms with E-state index in [1.165, 1.54) is 22.3 Å². The average Bonchev–Trinajstić information content (AvgIpc) is 2.81. The monoisotopic (exact) mass is 436 g/mol. The van der Waals surface area contributed by atoms with Gasteiger partial charge in [0.05, 0.1) is 17.4 Å². The molecule has 0 fully saturated rings. The van der Waals surface area contributed by atoms with Gasteiger partial charge in [0.15, 0.2) is 5.82 Å². The molecule has 0 unspecified atom stereocenters. The van der Waals surface area contributed by atoms with E-state index in [9.17, 15) is 0 Å². The minimum Gasteiger partial charge on any atom is -0.364 e. The minimum absolute atomic E-state index is 0.666. The first-order valence-electron chi connectivity index (χ1n) is 11.0. The molecule has 6 heteroatoms. The Morgan fingerprint density at radius 3 is 2.36 bits per heavy atom. The van der Waals surface area contributed by atoms with E-state index in [4.69, 9.17) is 4.98 Å². The van der Waals surface area contributed by atoms with Gasteiger partial charge >= 0.3 is 0 Å². The van der Waals surface area contributed by atoms with Gasteiger partial charge in [-0.3, -0.25) is 9.97 Å². The molecule has 1 N–H and O–H groups in total. The van der Waals surface area contributed by atoms with Gasteiger partial charge in [-0.2, -0.15) is 0 Å². The van der Waals surface area contributed by atoms with E-state index < -0.39 is 0 Å². The number of rotatable bonds is 6. The molecule has 0 aliphatic heterocycles. The van der Waals surface area contributed by atoms with Crippen LogP contribution in [0.5, 0.6) is 0 Å². The molecule has 0 aliphatic rings. The number of pyridine rings is 3. The summed E-state index contributed by atoms with van der Waals surface area (Å²) in [5, 5.41) is 3.42. The molecule has 166 valence electrons. The van der Waals surface area contributed by atoms with Gasteiger partial charge in [-0.25, -0.2) is 15.0 Å². The molecule has 0 amide bonds. The fourth-order valence-electron chi connectivity index (χ4n) is 3.68. The molecular formula is C27H28N6. The number of aromatic nitrogens is 5. The summed E-state index contributed by atoms with van der Waals surface area (Å²) >= 11 is 0. The van der Waals surface area contributed by atoms with E-state index >= 15 is 0 Å². The molecule has 0 bridgehead atoms. The topological polar surface area (TPSA) is 76.5 Å². The molecule has 0 atom stereocenters. The zero-order valence-corrected chi connectivity index (χ0v) is 19.7. The Labute approximate surface area is 194 Å². The second-order valence-corrected chi connectivity index (χ2v) is 8.31. The number of nitrogens with zero attached hydrogens (tertiary/aromatic N) is 5. The Balaban J connectivity index is 1.53. The van der Waals surface area contributed by atoms with Crippen LogP contribution in [-0.2, 0) is 0 Å². The first-order chi connectivity index (χ1) is 15.9. The highest BCUT2D eigenvalue weighted by molar-refractivity contribution is 5.86. The van der Waals surface area contributed by atoms with Crippen molar-refractivity contribution in [2.75, 3.05) is 11.9 Å². The third kappa shape index (κ3) is 5.29. The van der Waals surface area contributed by atoms with Crippen molar-refractivity contribution < 1.29 is 0 Å². The van der Waals surface area contributed by atoms with E-state index in [1.54, 1.807) is 18.6 Å². The van der Waals surface area contributed by atoms with Gasteiger partial charge in [-0.15, -0.1) is 0 Å². The van der Waals surface area contributed by atoms with Crippen molar-refractivity contribution >= 4 is 22.4 Å².